The van der Waals surface area contributed by atoms with E-state index in [2.05, 4.69) is 22.5 Å². The molecule has 168 valence electrons. The van der Waals surface area contributed by atoms with Crippen LogP contribution in [0.25, 0.3) is 0 Å². The van der Waals surface area contributed by atoms with Crippen LogP contribution in [0.3, 0.4) is 0 Å². The van der Waals surface area contributed by atoms with Gasteiger partial charge in [-0.25, -0.2) is 4.79 Å². The van der Waals surface area contributed by atoms with Crippen LogP contribution >= 0.6 is 0 Å². The number of rotatable bonds is 6. The summed E-state index contributed by atoms with van der Waals surface area (Å²) in [6.07, 6.45) is 4.25. The second-order valence-corrected chi connectivity index (χ2v) is 8.85. The number of para-hydroxylation sites is 1. The van der Waals surface area contributed by atoms with Gasteiger partial charge in [0.2, 0.25) is 5.91 Å². The molecule has 0 radical (unpaired) electrons. The van der Waals surface area contributed by atoms with E-state index in [0.29, 0.717) is 44.2 Å². The Balaban J connectivity index is 1.38. The van der Waals surface area contributed by atoms with E-state index in [0.717, 1.165) is 42.8 Å². The van der Waals surface area contributed by atoms with Gasteiger partial charge in [0, 0.05) is 25.3 Å². The summed E-state index contributed by atoms with van der Waals surface area (Å²) in [7, 11) is 0. The number of imide groups is 1. The van der Waals surface area contributed by atoms with E-state index in [1.165, 1.54) is 0 Å². The largest absolute Gasteiger partial charge is 0.379 e. The number of morpholine rings is 1. The molecule has 0 bridgehead atoms. The number of nitrogens with zero attached hydrogens (tertiary/aromatic N) is 2. The van der Waals surface area contributed by atoms with Crippen molar-refractivity contribution in [1.82, 2.24) is 15.1 Å². The summed E-state index contributed by atoms with van der Waals surface area (Å²) in [5.41, 5.74) is 0.894. The second kappa shape index (κ2) is 9.36. The Morgan fingerprint density at radius 2 is 1.90 bits per heavy atom. The zero-order chi connectivity index (χ0) is 21.8. The number of carbonyl (C=O) groups excluding carboxylic acids is 3. The van der Waals surface area contributed by atoms with Gasteiger partial charge >= 0.3 is 6.03 Å². The van der Waals surface area contributed by atoms with Crippen LogP contribution in [-0.4, -0.2) is 66.0 Å². The Labute approximate surface area is 183 Å². The fraction of sp³-hybridized carbons (Fsp3) is 0.609. The third-order valence-corrected chi connectivity index (χ3v) is 6.87. The van der Waals surface area contributed by atoms with E-state index >= 15 is 0 Å². The lowest BCUT2D eigenvalue weighted by Gasteiger charge is -2.34. The van der Waals surface area contributed by atoms with Crippen LogP contribution < -0.4 is 10.6 Å². The van der Waals surface area contributed by atoms with Crippen LogP contribution in [0.2, 0.25) is 0 Å². The third kappa shape index (κ3) is 4.75. The zero-order valence-corrected chi connectivity index (χ0v) is 18.2. The lowest BCUT2D eigenvalue weighted by atomic mass is 9.75. The molecule has 2 saturated heterocycles. The standard InChI is InChI=1S/C23H32N4O4/c1-2-17-7-9-23(10-8-17)21(29)27(22(30)25-23)16-20(28)24-19-6-4-3-5-18(19)15-26-11-13-31-14-12-26/h3-6,17H,2,7-16H2,1H3,(H,24,28)(H,25,30). The van der Waals surface area contributed by atoms with Crippen molar-refractivity contribution in [3.8, 4) is 0 Å². The van der Waals surface area contributed by atoms with E-state index in [9.17, 15) is 14.4 Å². The minimum Gasteiger partial charge on any atom is -0.379 e. The van der Waals surface area contributed by atoms with Gasteiger partial charge in [-0.3, -0.25) is 19.4 Å². The maximum atomic E-state index is 13.0. The first-order valence-electron chi connectivity index (χ1n) is 11.3. The number of amides is 4. The van der Waals surface area contributed by atoms with E-state index in [1.54, 1.807) is 0 Å². The van der Waals surface area contributed by atoms with Gasteiger partial charge < -0.3 is 15.4 Å². The Bertz CT molecular complexity index is 829. The second-order valence-electron chi connectivity index (χ2n) is 8.85. The number of nitrogens with one attached hydrogen (secondary N) is 2. The lowest BCUT2D eigenvalue weighted by molar-refractivity contribution is -0.135. The average molecular weight is 429 g/mol. The highest BCUT2D eigenvalue weighted by Crippen LogP contribution is 2.37. The topological polar surface area (TPSA) is 91.0 Å². The fourth-order valence-electron chi connectivity index (χ4n) is 4.85. The Hall–Kier alpha value is -2.45. The summed E-state index contributed by atoms with van der Waals surface area (Å²) in [5.74, 6) is -0.0170. The average Bonchev–Trinajstić information content (AvgIpc) is 3.00. The molecule has 1 aromatic rings. The summed E-state index contributed by atoms with van der Waals surface area (Å²) in [5, 5.41) is 5.79. The molecule has 0 unspecified atom stereocenters. The van der Waals surface area contributed by atoms with E-state index in [-0.39, 0.29) is 18.4 Å². The Kier molecular flexibility index (Phi) is 6.57. The Morgan fingerprint density at radius 3 is 2.61 bits per heavy atom. The van der Waals surface area contributed by atoms with Crippen molar-refractivity contribution in [2.24, 2.45) is 5.92 Å². The molecule has 2 heterocycles. The molecular weight excluding hydrogens is 396 g/mol. The predicted octanol–water partition coefficient (Wildman–Crippen LogP) is 2.35. The van der Waals surface area contributed by atoms with Gasteiger partial charge in [-0.15, -0.1) is 0 Å². The third-order valence-electron chi connectivity index (χ3n) is 6.87. The summed E-state index contributed by atoms with van der Waals surface area (Å²) in [6.45, 7) is 5.73. The highest BCUT2D eigenvalue weighted by molar-refractivity contribution is 6.10. The van der Waals surface area contributed by atoms with Crippen molar-refractivity contribution in [1.29, 1.82) is 0 Å². The SMILES string of the molecule is CCC1CCC2(CC1)NC(=O)N(CC(=O)Nc1ccccc1CN1CCOCC1)C2=O. The molecule has 1 saturated carbocycles. The molecule has 4 amide bonds. The molecule has 3 fully saturated rings. The quantitative estimate of drug-likeness (QED) is 0.679. The number of hydrogen-bond donors (Lipinski definition) is 2. The molecule has 31 heavy (non-hydrogen) atoms. The van der Waals surface area contributed by atoms with Crippen LogP contribution in [0.1, 0.15) is 44.6 Å². The van der Waals surface area contributed by atoms with Crippen LogP contribution in [-0.2, 0) is 20.9 Å². The molecule has 2 N–H and O–H groups in total. The van der Waals surface area contributed by atoms with Crippen molar-refractivity contribution in [2.45, 2.75) is 51.1 Å². The Morgan fingerprint density at radius 1 is 1.19 bits per heavy atom. The van der Waals surface area contributed by atoms with E-state index in [1.807, 2.05) is 24.3 Å². The number of anilines is 1. The first kappa shape index (κ1) is 21.8. The maximum Gasteiger partial charge on any atom is 0.325 e. The van der Waals surface area contributed by atoms with Gasteiger partial charge in [0.15, 0.2) is 0 Å². The minimum atomic E-state index is -0.822. The van der Waals surface area contributed by atoms with E-state index in [4.69, 9.17) is 4.74 Å². The van der Waals surface area contributed by atoms with Crippen LogP contribution in [0.15, 0.2) is 24.3 Å². The zero-order valence-electron chi connectivity index (χ0n) is 18.2. The van der Waals surface area contributed by atoms with Crippen molar-refractivity contribution in [3.05, 3.63) is 29.8 Å². The number of benzene rings is 1. The molecule has 3 aliphatic rings. The highest BCUT2D eigenvalue weighted by Gasteiger charge is 2.52. The molecule has 1 aromatic carbocycles. The molecule has 1 aliphatic carbocycles. The summed E-state index contributed by atoms with van der Waals surface area (Å²) in [4.78, 5) is 41.7. The molecule has 4 rings (SSSR count). The number of hydrogen-bond acceptors (Lipinski definition) is 5. The predicted molar refractivity (Wildman–Crippen MR) is 116 cm³/mol. The fourth-order valence-corrected chi connectivity index (χ4v) is 4.85. The van der Waals surface area contributed by atoms with Crippen molar-refractivity contribution in [2.75, 3.05) is 38.2 Å². The molecule has 2 aliphatic heterocycles. The summed E-state index contributed by atoms with van der Waals surface area (Å²) >= 11 is 0. The van der Waals surface area contributed by atoms with Gasteiger partial charge in [-0.1, -0.05) is 31.5 Å². The first-order chi connectivity index (χ1) is 15.0. The van der Waals surface area contributed by atoms with Gasteiger partial charge in [-0.2, -0.15) is 0 Å². The number of ether oxygens (including phenoxy) is 1. The molecule has 8 nitrogen and oxygen atoms in total. The molecule has 0 aromatic heterocycles. The van der Waals surface area contributed by atoms with Gasteiger partial charge in [0.25, 0.3) is 5.91 Å². The molecule has 1 spiro atoms. The van der Waals surface area contributed by atoms with Crippen molar-refractivity contribution < 1.29 is 19.1 Å². The summed E-state index contributed by atoms with van der Waals surface area (Å²) < 4.78 is 5.40. The highest BCUT2D eigenvalue weighted by atomic mass is 16.5. The van der Waals surface area contributed by atoms with Crippen molar-refractivity contribution >= 4 is 23.5 Å². The lowest BCUT2D eigenvalue weighted by Crippen LogP contribution is -2.49. The smallest absolute Gasteiger partial charge is 0.325 e. The maximum absolute atomic E-state index is 13.0. The molecule has 0 atom stereocenters. The van der Waals surface area contributed by atoms with Gasteiger partial charge in [0.1, 0.15) is 12.1 Å². The monoisotopic (exact) mass is 428 g/mol. The summed E-state index contributed by atoms with van der Waals surface area (Å²) in [6, 6.07) is 7.19. The molecular formula is C23H32N4O4. The van der Waals surface area contributed by atoms with Crippen LogP contribution in [0, 0.1) is 5.92 Å². The minimum absolute atomic E-state index is 0.260. The van der Waals surface area contributed by atoms with E-state index < -0.39 is 11.6 Å². The number of urea groups is 1. The normalized spacial score (nSPS) is 26.9. The van der Waals surface area contributed by atoms with Crippen LogP contribution in [0.4, 0.5) is 10.5 Å². The van der Waals surface area contributed by atoms with Crippen molar-refractivity contribution in [3.63, 3.8) is 0 Å². The molecule has 8 heteroatoms. The van der Waals surface area contributed by atoms with Gasteiger partial charge in [-0.05, 0) is 43.2 Å². The van der Waals surface area contributed by atoms with Crippen LogP contribution in [0.5, 0.6) is 0 Å². The number of carbonyl (C=O) groups is 3. The van der Waals surface area contributed by atoms with Gasteiger partial charge in [0.05, 0.1) is 13.2 Å². The first-order valence-corrected chi connectivity index (χ1v) is 11.3.